The Hall–Kier alpha value is -2.23. The van der Waals surface area contributed by atoms with E-state index >= 15 is 0 Å². The molecule has 0 spiro atoms. The Kier molecular flexibility index (Phi) is 3.37. The maximum absolute atomic E-state index is 12.0. The summed E-state index contributed by atoms with van der Waals surface area (Å²) in [5.41, 5.74) is 8.01. The lowest BCUT2D eigenvalue weighted by molar-refractivity contribution is 0.0938. The van der Waals surface area contributed by atoms with Crippen LogP contribution in [-0.4, -0.2) is 5.91 Å². The van der Waals surface area contributed by atoms with Crippen molar-refractivity contribution in [2.75, 3.05) is 5.73 Å². The van der Waals surface area contributed by atoms with E-state index in [0.717, 1.165) is 5.56 Å². The van der Waals surface area contributed by atoms with Crippen molar-refractivity contribution >= 4 is 11.6 Å². The van der Waals surface area contributed by atoms with Crippen LogP contribution in [0.25, 0.3) is 0 Å². The average Bonchev–Trinajstić information content (AvgIpc) is 2.76. The third-order valence-electron chi connectivity index (χ3n) is 2.91. The van der Waals surface area contributed by atoms with Gasteiger partial charge in [0.05, 0.1) is 17.9 Å². The molecule has 3 N–H and O–H groups in total. The zero-order chi connectivity index (χ0) is 13.1. The summed E-state index contributed by atoms with van der Waals surface area (Å²) >= 11 is 0. The van der Waals surface area contributed by atoms with E-state index in [1.165, 1.54) is 6.26 Å². The maximum atomic E-state index is 12.0. The number of nitrogen functional groups attached to an aromatic ring is 1. The first-order valence-electron chi connectivity index (χ1n) is 5.79. The number of rotatable bonds is 3. The number of hydrogen-bond donors (Lipinski definition) is 2. The highest BCUT2D eigenvalue weighted by Gasteiger charge is 2.16. The minimum atomic E-state index is -0.156. The summed E-state index contributed by atoms with van der Waals surface area (Å²) in [6.07, 6.45) is 1.51. The lowest BCUT2D eigenvalue weighted by Crippen LogP contribution is -2.27. The Labute approximate surface area is 106 Å². The number of carbonyl (C=O) groups excluding carboxylic acids is 1. The number of para-hydroxylation sites is 1. The Morgan fingerprint density at radius 3 is 2.67 bits per heavy atom. The fraction of sp³-hybridized carbons (Fsp3) is 0.214. The molecule has 0 aliphatic heterocycles. The molecule has 4 nitrogen and oxygen atoms in total. The number of nitrogens with one attached hydrogen (secondary N) is 1. The Morgan fingerprint density at radius 2 is 2.06 bits per heavy atom. The molecule has 1 atom stereocenters. The van der Waals surface area contributed by atoms with Gasteiger partial charge >= 0.3 is 0 Å². The molecule has 1 amide bonds. The molecule has 0 bridgehead atoms. The molecule has 0 aliphatic carbocycles. The van der Waals surface area contributed by atoms with Gasteiger partial charge in [0.25, 0.3) is 5.91 Å². The fourth-order valence-corrected chi connectivity index (χ4v) is 1.88. The van der Waals surface area contributed by atoms with Gasteiger partial charge in [0.15, 0.2) is 0 Å². The van der Waals surface area contributed by atoms with Gasteiger partial charge < -0.3 is 15.5 Å². The first-order chi connectivity index (χ1) is 8.59. The highest BCUT2D eigenvalue weighted by atomic mass is 16.3. The van der Waals surface area contributed by atoms with Crippen molar-refractivity contribution in [2.24, 2.45) is 0 Å². The summed E-state index contributed by atoms with van der Waals surface area (Å²) in [4.78, 5) is 12.0. The summed E-state index contributed by atoms with van der Waals surface area (Å²) in [5.74, 6) is 0.456. The van der Waals surface area contributed by atoms with E-state index in [1.807, 2.05) is 31.2 Å². The van der Waals surface area contributed by atoms with Crippen LogP contribution in [0.2, 0.25) is 0 Å². The molecular weight excluding hydrogens is 228 g/mol. The molecular formula is C14H16N2O2. The summed E-state index contributed by atoms with van der Waals surface area (Å²) < 4.78 is 5.11. The minimum absolute atomic E-state index is 0.145. The van der Waals surface area contributed by atoms with Gasteiger partial charge in [-0.25, -0.2) is 0 Å². The van der Waals surface area contributed by atoms with Crippen LogP contribution in [0.15, 0.2) is 41.0 Å². The van der Waals surface area contributed by atoms with Crippen LogP contribution in [0.3, 0.4) is 0 Å². The smallest absolute Gasteiger partial charge is 0.255 e. The van der Waals surface area contributed by atoms with Gasteiger partial charge in [-0.3, -0.25) is 4.79 Å². The lowest BCUT2D eigenvalue weighted by atomic mass is 10.1. The van der Waals surface area contributed by atoms with Crippen LogP contribution in [0, 0.1) is 6.92 Å². The first-order valence-corrected chi connectivity index (χ1v) is 5.79. The van der Waals surface area contributed by atoms with Crippen molar-refractivity contribution < 1.29 is 9.21 Å². The van der Waals surface area contributed by atoms with E-state index in [9.17, 15) is 4.79 Å². The Balaban J connectivity index is 2.13. The van der Waals surface area contributed by atoms with Gasteiger partial charge in [-0.05, 0) is 31.5 Å². The minimum Gasteiger partial charge on any atom is -0.469 e. The van der Waals surface area contributed by atoms with E-state index in [-0.39, 0.29) is 11.9 Å². The molecule has 0 radical (unpaired) electrons. The molecule has 1 aromatic heterocycles. The van der Waals surface area contributed by atoms with Crippen LogP contribution in [0.5, 0.6) is 0 Å². The molecule has 4 heteroatoms. The summed E-state index contributed by atoms with van der Waals surface area (Å²) in [6.45, 7) is 3.66. The molecule has 2 aromatic rings. The molecule has 0 saturated heterocycles. The molecule has 2 rings (SSSR count). The standard InChI is InChI=1S/C14H16N2O2/c1-9(11-5-3-4-6-13(11)15)16-14(17)12-7-8-18-10(12)2/h3-9H,15H2,1-2H3,(H,16,17). The molecule has 18 heavy (non-hydrogen) atoms. The van der Waals surface area contributed by atoms with Crippen LogP contribution >= 0.6 is 0 Å². The van der Waals surface area contributed by atoms with Gasteiger partial charge in [-0.2, -0.15) is 0 Å². The largest absolute Gasteiger partial charge is 0.469 e. The van der Waals surface area contributed by atoms with Crippen LogP contribution in [0.1, 0.15) is 34.6 Å². The van der Waals surface area contributed by atoms with E-state index in [0.29, 0.717) is 17.0 Å². The van der Waals surface area contributed by atoms with Crippen molar-refractivity contribution in [3.05, 3.63) is 53.5 Å². The third-order valence-corrected chi connectivity index (χ3v) is 2.91. The summed E-state index contributed by atoms with van der Waals surface area (Å²) in [5, 5.41) is 2.90. The van der Waals surface area contributed by atoms with Gasteiger partial charge in [0.1, 0.15) is 5.76 Å². The number of amides is 1. The number of benzene rings is 1. The summed E-state index contributed by atoms with van der Waals surface area (Å²) in [6, 6.07) is 9.01. The molecule has 0 saturated carbocycles. The molecule has 1 unspecified atom stereocenters. The SMILES string of the molecule is Cc1occc1C(=O)NC(C)c1ccccc1N. The van der Waals surface area contributed by atoms with E-state index in [4.69, 9.17) is 10.2 Å². The van der Waals surface area contributed by atoms with Gasteiger partial charge in [-0.15, -0.1) is 0 Å². The van der Waals surface area contributed by atoms with Crippen LogP contribution in [-0.2, 0) is 0 Å². The maximum Gasteiger partial charge on any atom is 0.255 e. The highest BCUT2D eigenvalue weighted by molar-refractivity contribution is 5.95. The molecule has 1 aromatic carbocycles. The first kappa shape index (κ1) is 12.2. The number of nitrogens with two attached hydrogens (primary N) is 1. The van der Waals surface area contributed by atoms with E-state index in [1.54, 1.807) is 13.0 Å². The molecule has 1 heterocycles. The second-order valence-corrected chi connectivity index (χ2v) is 4.21. The van der Waals surface area contributed by atoms with Crippen molar-refractivity contribution in [1.82, 2.24) is 5.32 Å². The summed E-state index contributed by atoms with van der Waals surface area (Å²) in [7, 11) is 0. The predicted octanol–water partition coefficient (Wildman–Crippen LogP) is 2.66. The number of aryl methyl sites for hydroxylation is 1. The number of anilines is 1. The topological polar surface area (TPSA) is 68.3 Å². The quantitative estimate of drug-likeness (QED) is 0.815. The van der Waals surface area contributed by atoms with Gasteiger partial charge in [0.2, 0.25) is 0 Å². The predicted molar refractivity (Wildman–Crippen MR) is 70.2 cm³/mol. The normalized spacial score (nSPS) is 12.1. The second kappa shape index (κ2) is 4.96. The van der Waals surface area contributed by atoms with Gasteiger partial charge in [0, 0.05) is 5.69 Å². The average molecular weight is 244 g/mol. The van der Waals surface area contributed by atoms with E-state index < -0.39 is 0 Å². The molecule has 0 aliphatic rings. The number of furan rings is 1. The van der Waals surface area contributed by atoms with Crippen molar-refractivity contribution in [2.45, 2.75) is 19.9 Å². The van der Waals surface area contributed by atoms with E-state index in [2.05, 4.69) is 5.32 Å². The zero-order valence-electron chi connectivity index (χ0n) is 10.4. The van der Waals surface area contributed by atoms with Crippen LogP contribution in [0.4, 0.5) is 5.69 Å². The highest BCUT2D eigenvalue weighted by Crippen LogP contribution is 2.20. The van der Waals surface area contributed by atoms with Crippen molar-refractivity contribution in [3.63, 3.8) is 0 Å². The van der Waals surface area contributed by atoms with Crippen molar-refractivity contribution in [3.8, 4) is 0 Å². The zero-order valence-corrected chi connectivity index (χ0v) is 10.4. The number of carbonyl (C=O) groups is 1. The van der Waals surface area contributed by atoms with Gasteiger partial charge in [-0.1, -0.05) is 18.2 Å². The fourth-order valence-electron chi connectivity index (χ4n) is 1.88. The third kappa shape index (κ3) is 2.37. The van der Waals surface area contributed by atoms with Crippen molar-refractivity contribution in [1.29, 1.82) is 0 Å². The second-order valence-electron chi connectivity index (χ2n) is 4.21. The Bertz CT molecular complexity index is 560. The number of hydrogen-bond acceptors (Lipinski definition) is 3. The molecule has 94 valence electrons. The monoisotopic (exact) mass is 244 g/mol. The Morgan fingerprint density at radius 1 is 1.33 bits per heavy atom. The lowest BCUT2D eigenvalue weighted by Gasteiger charge is -2.15. The van der Waals surface area contributed by atoms with Crippen LogP contribution < -0.4 is 11.1 Å². The molecule has 0 fully saturated rings.